The van der Waals surface area contributed by atoms with E-state index in [1.54, 1.807) is 0 Å². The Hall–Kier alpha value is -1.65. The summed E-state index contributed by atoms with van der Waals surface area (Å²) in [5.41, 5.74) is 2.44. The monoisotopic (exact) mass is 257 g/mol. The number of H-pyrrole nitrogens is 1. The molecule has 1 aromatic carbocycles. The van der Waals surface area contributed by atoms with E-state index in [2.05, 4.69) is 18.0 Å². The Morgan fingerprint density at radius 1 is 1.32 bits per heavy atom. The van der Waals surface area contributed by atoms with Crippen LogP contribution in [0.25, 0.3) is 10.8 Å². The third kappa shape index (κ3) is 2.17. The number of nitrogens with two attached hydrogens (primary N) is 1. The van der Waals surface area contributed by atoms with Crippen molar-refractivity contribution in [3.63, 3.8) is 0 Å². The van der Waals surface area contributed by atoms with Crippen LogP contribution in [0.1, 0.15) is 29.9 Å². The molecule has 1 aliphatic heterocycles. The highest BCUT2D eigenvalue weighted by Crippen LogP contribution is 2.32. The maximum absolute atomic E-state index is 11.9. The summed E-state index contributed by atoms with van der Waals surface area (Å²) in [6.07, 6.45) is 3.93. The highest BCUT2D eigenvalue weighted by Gasteiger charge is 2.21. The number of rotatable bonds is 1. The largest absolute Gasteiger partial charge is 0.328 e. The highest BCUT2D eigenvalue weighted by molar-refractivity contribution is 5.88. The van der Waals surface area contributed by atoms with Gasteiger partial charge < -0.3 is 4.98 Å². The molecule has 3 N–H and O–H groups in total. The van der Waals surface area contributed by atoms with Crippen molar-refractivity contribution in [1.29, 1.82) is 0 Å². The molecule has 0 saturated carbocycles. The maximum atomic E-state index is 11.9. The Kier molecular flexibility index (Phi) is 3.12. The van der Waals surface area contributed by atoms with E-state index in [0.29, 0.717) is 5.92 Å². The SMILES string of the molecule is Cc1c[nH]c(=O)c2cccc(C3CCN(N)CC3)c12. The summed E-state index contributed by atoms with van der Waals surface area (Å²) < 4.78 is 0. The molecule has 4 heteroatoms. The van der Waals surface area contributed by atoms with Gasteiger partial charge in [0.15, 0.2) is 0 Å². The molecule has 0 radical (unpaired) electrons. The lowest BCUT2D eigenvalue weighted by atomic mass is 9.86. The summed E-state index contributed by atoms with van der Waals surface area (Å²) >= 11 is 0. The number of piperidine rings is 1. The van der Waals surface area contributed by atoms with Gasteiger partial charge in [-0.25, -0.2) is 5.01 Å². The van der Waals surface area contributed by atoms with Crippen LogP contribution in [0.15, 0.2) is 29.2 Å². The van der Waals surface area contributed by atoms with Crippen LogP contribution in [0.5, 0.6) is 0 Å². The second kappa shape index (κ2) is 4.79. The van der Waals surface area contributed by atoms with E-state index in [1.807, 2.05) is 23.3 Å². The molecule has 0 unspecified atom stereocenters. The van der Waals surface area contributed by atoms with Gasteiger partial charge in [0, 0.05) is 24.7 Å². The highest BCUT2D eigenvalue weighted by atomic mass is 16.1. The summed E-state index contributed by atoms with van der Waals surface area (Å²) in [4.78, 5) is 14.7. The lowest BCUT2D eigenvalue weighted by Gasteiger charge is -2.29. The molecule has 19 heavy (non-hydrogen) atoms. The standard InChI is InChI=1S/C15H19N3O/c1-10-9-17-15(19)13-4-2-3-12(14(10)13)11-5-7-18(16)8-6-11/h2-4,9,11H,5-8,16H2,1H3,(H,17,19). The maximum Gasteiger partial charge on any atom is 0.255 e. The molecular formula is C15H19N3O. The molecule has 2 heterocycles. The first-order valence-electron chi connectivity index (χ1n) is 6.77. The Bertz CT molecular complexity index is 654. The van der Waals surface area contributed by atoms with Gasteiger partial charge in [-0.2, -0.15) is 0 Å². The molecule has 0 atom stereocenters. The van der Waals surface area contributed by atoms with E-state index < -0.39 is 0 Å². The number of benzene rings is 1. The molecule has 1 aliphatic rings. The van der Waals surface area contributed by atoms with E-state index in [9.17, 15) is 4.79 Å². The topological polar surface area (TPSA) is 62.1 Å². The predicted octanol–water partition coefficient (Wildman–Crippen LogP) is 1.89. The van der Waals surface area contributed by atoms with Crippen molar-refractivity contribution in [2.45, 2.75) is 25.7 Å². The normalized spacial score (nSPS) is 18.0. The minimum absolute atomic E-state index is 0.00119. The van der Waals surface area contributed by atoms with E-state index in [0.717, 1.165) is 42.3 Å². The number of aryl methyl sites for hydroxylation is 1. The van der Waals surface area contributed by atoms with Crippen molar-refractivity contribution >= 4 is 10.8 Å². The Balaban J connectivity index is 2.14. The van der Waals surface area contributed by atoms with Gasteiger partial charge >= 0.3 is 0 Å². The van der Waals surface area contributed by atoms with Crippen molar-refractivity contribution in [3.8, 4) is 0 Å². The van der Waals surface area contributed by atoms with Gasteiger partial charge in [0.25, 0.3) is 5.56 Å². The van der Waals surface area contributed by atoms with Gasteiger partial charge in [0.2, 0.25) is 0 Å². The second-order valence-corrected chi connectivity index (χ2v) is 5.38. The van der Waals surface area contributed by atoms with Crippen molar-refractivity contribution in [3.05, 3.63) is 45.9 Å². The van der Waals surface area contributed by atoms with E-state index in [1.165, 1.54) is 5.56 Å². The fourth-order valence-electron chi connectivity index (χ4n) is 3.07. The molecule has 3 rings (SSSR count). The van der Waals surface area contributed by atoms with Crippen LogP contribution in [0.4, 0.5) is 0 Å². The number of aromatic nitrogens is 1. The van der Waals surface area contributed by atoms with Gasteiger partial charge in [-0.15, -0.1) is 0 Å². The molecule has 1 aromatic heterocycles. The van der Waals surface area contributed by atoms with Gasteiger partial charge in [-0.05, 0) is 48.3 Å². The first-order chi connectivity index (χ1) is 9.16. The van der Waals surface area contributed by atoms with E-state index in [-0.39, 0.29) is 5.56 Å². The third-order valence-electron chi connectivity index (χ3n) is 4.12. The molecule has 1 saturated heterocycles. The number of aromatic amines is 1. The van der Waals surface area contributed by atoms with Crippen molar-refractivity contribution in [2.24, 2.45) is 5.84 Å². The zero-order valence-electron chi connectivity index (χ0n) is 11.1. The average Bonchev–Trinajstić information content (AvgIpc) is 2.43. The third-order valence-corrected chi connectivity index (χ3v) is 4.12. The minimum atomic E-state index is -0.00119. The lowest BCUT2D eigenvalue weighted by Crippen LogP contribution is -2.38. The van der Waals surface area contributed by atoms with Crippen LogP contribution in [-0.2, 0) is 0 Å². The van der Waals surface area contributed by atoms with Crippen LogP contribution in [0, 0.1) is 6.92 Å². The van der Waals surface area contributed by atoms with Gasteiger partial charge in [0.05, 0.1) is 0 Å². The summed E-state index contributed by atoms with van der Waals surface area (Å²) in [5, 5.41) is 3.80. The molecule has 4 nitrogen and oxygen atoms in total. The smallest absolute Gasteiger partial charge is 0.255 e. The molecule has 0 amide bonds. The van der Waals surface area contributed by atoms with Crippen molar-refractivity contribution < 1.29 is 0 Å². The molecule has 1 fully saturated rings. The number of hydrazine groups is 1. The molecule has 0 bridgehead atoms. The number of pyridine rings is 1. The fourth-order valence-corrected chi connectivity index (χ4v) is 3.07. The van der Waals surface area contributed by atoms with Crippen LogP contribution >= 0.6 is 0 Å². The zero-order valence-corrected chi connectivity index (χ0v) is 11.1. The molecule has 100 valence electrons. The lowest BCUT2D eigenvalue weighted by molar-refractivity contribution is 0.218. The summed E-state index contributed by atoms with van der Waals surface area (Å²) in [6, 6.07) is 6.05. The van der Waals surface area contributed by atoms with Crippen LogP contribution in [0.3, 0.4) is 0 Å². The van der Waals surface area contributed by atoms with Crippen LogP contribution in [-0.4, -0.2) is 23.1 Å². The first-order valence-corrected chi connectivity index (χ1v) is 6.77. The molecule has 2 aromatic rings. The van der Waals surface area contributed by atoms with Crippen molar-refractivity contribution in [2.75, 3.05) is 13.1 Å². The fraction of sp³-hybridized carbons (Fsp3) is 0.400. The first kappa shape index (κ1) is 12.4. The number of hydrogen-bond donors (Lipinski definition) is 2. The molecular weight excluding hydrogens is 238 g/mol. The van der Waals surface area contributed by atoms with E-state index in [4.69, 9.17) is 5.84 Å². The zero-order chi connectivity index (χ0) is 13.4. The number of fused-ring (bicyclic) bond motifs is 1. The Morgan fingerprint density at radius 3 is 2.79 bits per heavy atom. The number of nitrogens with one attached hydrogen (secondary N) is 1. The molecule has 0 spiro atoms. The quantitative estimate of drug-likeness (QED) is 0.767. The van der Waals surface area contributed by atoms with Crippen LogP contribution in [0.2, 0.25) is 0 Å². The number of hydrogen-bond acceptors (Lipinski definition) is 3. The van der Waals surface area contributed by atoms with Gasteiger partial charge in [0.1, 0.15) is 0 Å². The second-order valence-electron chi connectivity index (χ2n) is 5.38. The summed E-state index contributed by atoms with van der Waals surface area (Å²) in [5.74, 6) is 6.32. The van der Waals surface area contributed by atoms with E-state index >= 15 is 0 Å². The summed E-state index contributed by atoms with van der Waals surface area (Å²) in [6.45, 7) is 3.90. The van der Waals surface area contributed by atoms with Crippen molar-refractivity contribution in [1.82, 2.24) is 9.99 Å². The summed E-state index contributed by atoms with van der Waals surface area (Å²) in [7, 11) is 0. The number of nitrogens with zero attached hydrogens (tertiary/aromatic N) is 1. The molecule has 0 aliphatic carbocycles. The van der Waals surface area contributed by atoms with Gasteiger partial charge in [-0.3, -0.25) is 10.6 Å². The van der Waals surface area contributed by atoms with Crippen LogP contribution < -0.4 is 11.4 Å². The average molecular weight is 257 g/mol. The minimum Gasteiger partial charge on any atom is -0.328 e. The Morgan fingerprint density at radius 2 is 2.05 bits per heavy atom. The Labute approximate surface area is 112 Å². The van der Waals surface area contributed by atoms with Gasteiger partial charge in [-0.1, -0.05) is 12.1 Å². The predicted molar refractivity (Wildman–Crippen MR) is 77.0 cm³/mol.